The van der Waals surface area contributed by atoms with Gasteiger partial charge < -0.3 is 10.0 Å². The van der Waals surface area contributed by atoms with Crippen molar-refractivity contribution in [3.63, 3.8) is 0 Å². The summed E-state index contributed by atoms with van der Waals surface area (Å²) in [5, 5.41) is 19.8. The van der Waals surface area contributed by atoms with E-state index in [-0.39, 0.29) is 5.56 Å². The van der Waals surface area contributed by atoms with E-state index in [9.17, 15) is 24.4 Å². The monoisotopic (exact) mass is 254 g/mol. The molecule has 0 aromatic heterocycles. The van der Waals surface area contributed by atoms with Crippen LogP contribution in [0, 0.1) is 15.9 Å². The molecule has 0 saturated heterocycles. The number of halogens is 1. The first-order chi connectivity index (χ1) is 8.34. The highest BCUT2D eigenvalue weighted by Crippen LogP contribution is 2.29. The number of aromatic hydroxyl groups is 1. The van der Waals surface area contributed by atoms with E-state index in [1.807, 2.05) is 0 Å². The van der Waals surface area contributed by atoms with E-state index in [0.29, 0.717) is 0 Å². The lowest BCUT2D eigenvalue weighted by molar-refractivity contribution is -0.387. The summed E-state index contributed by atoms with van der Waals surface area (Å²) >= 11 is 0. The van der Waals surface area contributed by atoms with E-state index in [1.165, 1.54) is 6.20 Å². The Balaban J connectivity index is 3.17. The highest BCUT2D eigenvalue weighted by molar-refractivity contribution is 6.06. The second-order valence-corrected chi connectivity index (χ2v) is 3.70. The van der Waals surface area contributed by atoms with Gasteiger partial charge in [-0.05, 0) is 6.07 Å². The number of allylic oxidation sites excluding steroid dienone is 1. The van der Waals surface area contributed by atoms with Gasteiger partial charge in [0.05, 0.1) is 10.5 Å². The van der Waals surface area contributed by atoms with Crippen molar-refractivity contribution in [2.45, 2.75) is 0 Å². The summed E-state index contributed by atoms with van der Waals surface area (Å²) < 4.78 is 13.4. The van der Waals surface area contributed by atoms with Crippen molar-refractivity contribution < 1.29 is 19.2 Å². The number of carbonyl (C=O) groups excluding carboxylic acids is 1. The predicted molar refractivity (Wildman–Crippen MR) is 61.9 cm³/mol. The second-order valence-electron chi connectivity index (χ2n) is 3.70. The van der Waals surface area contributed by atoms with Crippen molar-refractivity contribution in [2.24, 2.45) is 0 Å². The first-order valence-electron chi connectivity index (χ1n) is 4.89. The molecule has 0 unspecified atom stereocenters. The van der Waals surface area contributed by atoms with Crippen LogP contribution < -0.4 is 0 Å². The SMILES string of the molecule is CN(C)C=CC(=O)c1ccc([N+](=O)[O-])c(F)c1O. The van der Waals surface area contributed by atoms with Crippen LogP contribution in [0.2, 0.25) is 0 Å². The van der Waals surface area contributed by atoms with Crippen LogP contribution >= 0.6 is 0 Å². The van der Waals surface area contributed by atoms with Crippen molar-refractivity contribution in [1.29, 1.82) is 0 Å². The number of carbonyl (C=O) groups is 1. The molecule has 18 heavy (non-hydrogen) atoms. The number of nitro benzene ring substituents is 1. The normalized spacial score (nSPS) is 10.6. The number of rotatable bonds is 4. The Morgan fingerprint density at radius 2 is 2.11 bits per heavy atom. The minimum Gasteiger partial charge on any atom is -0.504 e. The van der Waals surface area contributed by atoms with Gasteiger partial charge in [-0.25, -0.2) is 0 Å². The highest BCUT2D eigenvalue weighted by Gasteiger charge is 2.22. The van der Waals surface area contributed by atoms with Crippen molar-refractivity contribution in [3.05, 3.63) is 45.9 Å². The lowest BCUT2D eigenvalue weighted by Crippen LogP contribution is -2.04. The van der Waals surface area contributed by atoms with Crippen LogP contribution in [0.15, 0.2) is 24.4 Å². The molecule has 0 aliphatic carbocycles. The molecule has 7 heteroatoms. The maximum absolute atomic E-state index is 13.4. The molecule has 6 nitrogen and oxygen atoms in total. The number of hydrogen-bond donors (Lipinski definition) is 1. The molecule has 1 rings (SSSR count). The van der Waals surface area contributed by atoms with Crippen molar-refractivity contribution >= 4 is 11.5 Å². The fourth-order valence-electron chi connectivity index (χ4n) is 1.20. The average Bonchev–Trinajstić information content (AvgIpc) is 2.29. The quantitative estimate of drug-likeness (QED) is 0.382. The zero-order chi connectivity index (χ0) is 13.9. The Morgan fingerprint density at radius 1 is 1.50 bits per heavy atom. The molecule has 0 amide bonds. The zero-order valence-electron chi connectivity index (χ0n) is 9.75. The van der Waals surface area contributed by atoms with Crippen LogP contribution in [0.4, 0.5) is 10.1 Å². The molecule has 1 aromatic carbocycles. The van der Waals surface area contributed by atoms with E-state index in [1.54, 1.807) is 19.0 Å². The smallest absolute Gasteiger partial charge is 0.308 e. The van der Waals surface area contributed by atoms with Crippen LogP contribution in [0.25, 0.3) is 0 Å². The van der Waals surface area contributed by atoms with Crippen molar-refractivity contribution in [1.82, 2.24) is 4.90 Å². The van der Waals surface area contributed by atoms with Gasteiger partial charge in [0.15, 0.2) is 11.5 Å². The van der Waals surface area contributed by atoms with Crippen LogP contribution in [0.5, 0.6) is 5.75 Å². The number of phenolic OH excluding ortho intramolecular Hbond substituents is 1. The summed E-state index contributed by atoms with van der Waals surface area (Å²) in [6, 6.07) is 1.85. The van der Waals surface area contributed by atoms with Crippen molar-refractivity contribution in [2.75, 3.05) is 14.1 Å². The van der Waals surface area contributed by atoms with Crippen LogP contribution in [0.3, 0.4) is 0 Å². The Labute approximate surface area is 102 Å². The lowest BCUT2D eigenvalue weighted by atomic mass is 10.1. The van der Waals surface area contributed by atoms with Gasteiger partial charge in [-0.2, -0.15) is 4.39 Å². The Hall–Kier alpha value is -2.44. The molecule has 0 heterocycles. The summed E-state index contributed by atoms with van der Waals surface area (Å²) in [5.41, 5.74) is -1.20. The Morgan fingerprint density at radius 3 is 2.61 bits per heavy atom. The summed E-state index contributed by atoms with van der Waals surface area (Å²) in [5.74, 6) is -3.07. The Bertz CT molecular complexity index is 526. The van der Waals surface area contributed by atoms with Gasteiger partial charge in [0.25, 0.3) is 0 Å². The summed E-state index contributed by atoms with van der Waals surface area (Å²) in [6.07, 6.45) is 2.54. The molecule has 1 aromatic rings. The molecule has 0 spiro atoms. The second kappa shape index (κ2) is 5.26. The average molecular weight is 254 g/mol. The number of benzene rings is 1. The van der Waals surface area contributed by atoms with Crippen LogP contribution in [-0.2, 0) is 0 Å². The minimum absolute atomic E-state index is 0.323. The number of nitro groups is 1. The van der Waals surface area contributed by atoms with Gasteiger partial charge in [-0.15, -0.1) is 0 Å². The molecule has 1 N–H and O–H groups in total. The largest absolute Gasteiger partial charge is 0.504 e. The summed E-state index contributed by atoms with van der Waals surface area (Å²) in [6.45, 7) is 0. The number of nitrogens with zero attached hydrogens (tertiary/aromatic N) is 2. The predicted octanol–water partition coefficient (Wildman–Crippen LogP) is 1.70. The van der Waals surface area contributed by atoms with E-state index in [2.05, 4.69) is 0 Å². The van der Waals surface area contributed by atoms with Crippen LogP contribution in [0.1, 0.15) is 10.4 Å². The highest BCUT2D eigenvalue weighted by atomic mass is 19.1. The molecular formula is C11H11FN2O4. The molecule has 0 saturated carbocycles. The molecule has 0 atom stereocenters. The topological polar surface area (TPSA) is 83.7 Å². The molecule has 96 valence electrons. The minimum atomic E-state index is -1.41. The number of ketones is 1. The third-order valence-electron chi connectivity index (χ3n) is 2.08. The maximum atomic E-state index is 13.4. The van der Waals surface area contributed by atoms with E-state index in [4.69, 9.17) is 0 Å². The van der Waals surface area contributed by atoms with Gasteiger partial charge in [0.2, 0.25) is 5.82 Å². The first kappa shape index (κ1) is 13.6. The van der Waals surface area contributed by atoms with Crippen LogP contribution in [-0.4, -0.2) is 34.8 Å². The molecule has 0 fully saturated rings. The molecule has 0 radical (unpaired) electrons. The molecule has 0 bridgehead atoms. The molecular weight excluding hydrogens is 243 g/mol. The fraction of sp³-hybridized carbons (Fsp3) is 0.182. The third kappa shape index (κ3) is 2.82. The number of hydrogen-bond acceptors (Lipinski definition) is 5. The third-order valence-corrected chi connectivity index (χ3v) is 2.08. The Kier molecular flexibility index (Phi) is 3.98. The van der Waals surface area contributed by atoms with Gasteiger partial charge in [-0.1, -0.05) is 0 Å². The zero-order valence-corrected chi connectivity index (χ0v) is 9.75. The molecule has 0 aliphatic heterocycles. The summed E-state index contributed by atoms with van der Waals surface area (Å²) in [7, 11) is 3.36. The van der Waals surface area contributed by atoms with E-state index >= 15 is 0 Å². The van der Waals surface area contributed by atoms with Gasteiger partial charge >= 0.3 is 5.69 Å². The van der Waals surface area contributed by atoms with Gasteiger partial charge in [0, 0.05) is 32.4 Å². The van der Waals surface area contributed by atoms with Gasteiger partial charge in [-0.3, -0.25) is 14.9 Å². The van der Waals surface area contributed by atoms with E-state index in [0.717, 1.165) is 18.2 Å². The number of phenols is 1. The first-order valence-corrected chi connectivity index (χ1v) is 4.89. The summed E-state index contributed by atoms with van der Waals surface area (Å²) in [4.78, 5) is 22.6. The fourth-order valence-corrected chi connectivity index (χ4v) is 1.20. The lowest BCUT2D eigenvalue weighted by Gasteiger charge is -2.04. The molecule has 0 aliphatic rings. The standard InChI is InChI=1S/C11H11FN2O4/c1-13(2)6-5-9(15)7-3-4-8(14(17)18)10(12)11(7)16/h3-6,16H,1-2H3. The maximum Gasteiger partial charge on any atom is 0.308 e. The van der Waals surface area contributed by atoms with E-state index < -0.39 is 28.0 Å². The van der Waals surface area contributed by atoms with Gasteiger partial charge in [0.1, 0.15) is 0 Å². The van der Waals surface area contributed by atoms with Crippen molar-refractivity contribution in [3.8, 4) is 5.75 Å².